The summed E-state index contributed by atoms with van der Waals surface area (Å²) in [6.07, 6.45) is 1.90. The van der Waals surface area contributed by atoms with Crippen LogP contribution in [0.5, 0.6) is 5.75 Å². The molecule has 0 bridgehead atoms. The van der Waals surface area contributed by atoms with Crippen LogP contribution in [0.15, 0.2) is 6.33 Å². The number of rotatable bonds is 9. The maximum Gasteiger partial charge on any atom is 0.204 e. The minimum atomic E-state index is 0.410. The molecule has 0 saturated heterocycles. The highest BCUT2D eigenvalue weighted by molar-refractivity contribution is 5.64. The first-order valence-corrected chi connectivity index (χ1v) is 6.52. The van der Waals surface area contributed by atoms with E-state index in [1.54, 1.807) is 14.2 Å². The molecule has 0 aliphatic carbocycles. The van der Waals surface area contributed by atoms with Gasteiger partial charge in [0.2, 0.25) is 5.75 Å². The van der Waals surface area contributed by atoms with Gasteiger partial charge in [0.05, 0.1) is 26.2 Å². The van der Waals surface area contributed by atoms with Gasteiger partial charge in [-0.05, 0) is 6.92 Å². The van der Waals surface area contributed by atoms with E-state index in [4.69, 9.17) is 14.7 Å². The van der Waals surface area contributed by atoms with Crippen LogP contribution >= 0.6 is 0 Å². The summed E-state index contributed by atoms with van der Waals surface area (Å²) in [5.41, 5.74) is 0. The van der Waals surface area contributed by atoms with Crippen molar-refractivity contribution in [3.05, 3.63) is 6.33 Å². The molecule has 0 amide bonds. The summed E-state index contributed by atoms with van der Waals surface area (Å²) in [6, 6.07) is 2.14. The number of methoxy groups -OCH3 is 2. The average molecular weight is 279 g/mol. The fourth-order valence-electron chi connectivity index (χ4n) is 1.78. The summed E-state index contributed by atoms with van der Waals surface area (Å²) in [5, 5.41) is 11.9. The van der Waals surface area contributed by atoms with E-state index < -0.39 is 0 Å². The molecule has 0 radical (unpaired) electrons. The van der Waals surface area contributed by atoms with E-state index in [0.29, 0.717) is 43.5 Å². The monoisotopic (exact) mass is 279 g/mol. The lowest BCUT2D eigenvalue weighted by molar-refractivity contribution is 0.205. The van der Waals surface area contributed by atoms with Gasteiger partial charge in [0, 0.05) is 26.7 Å². The minimum Gasteiger partial charge on any atom is -0.490 e. The van der Waals surface area contributed by atoms with Gasteiger partial charge in [0.15, 0.2) is 11.6 Å². The Morgan fingerprint density at radius 1 is 1.35 bits per heavy atom. The van der Waals surface area contributed by atoms with Gasteiger partial charge in [-0.3, -0.25) is 0 Å². The van der Waals surface area contributed by atoms with Crippen molar-refractivity contribution in [1.29, 1.82) is 5.26 Å². The van der Waals surface area contributed by atoms with Crippen LogP contribution in [0.4, 0.5) is 11.6 Å². The van der Waals surface area contributed by atoms with E-state index in [9.17, 15) is 0 Å². The molecule has 0 aliphatic heterocycles. The number of nitriles is 1. The molecule has 0 spiro atoms. The second-order valence-corrected chi connectivity index (χ2v) is 4.00. The Kier molecular flexibility index (Phi) is 7.14. The molecule has 1 rings (SSSR count). The Morgan fingerprint density at radius 3 is 2.75 bits per heavy atom. The molecule has 0 atom stereocenters. The molecular weight excluding hydrogens is 258 g/mol. The number of nitrogens with one attached hydrogen (secondary N) is 1. The van der Waals surface area contributed by atoms with Gasteiger partial charge in [0.25, 0.3) is 0 Å². The van der Waals surface area contributed by atoms with Crippen LogP contribution < -0.4 is 15.0 Å². The zero-order valence-electron chi connectivity index (χ0n) is 12.2. The van der Waals surface area contributed by atoms with Crippen molar-refractivity contribution in [2.75, 3.05) is 50.7 Å². The van der Waals surface area contributed by atoms with Crippen molar-refractivity contribution in [2.24, 2.45) is 0 Å². The third-order valence-corrected chi connectivity index (χ3v) is 2.69. The van der Waals surface area contributed by atoms with Gasteiger partial charge in [-0.25, -0.2) is 9.97 Å². The van der Waals surface area contributed by atoms with Crippen molar-refractivity contribution in [2.45, 2.75) is 13.3 Å². The van der Waals surface area contributed by atoms with Crippen molar-refractivity contribution in [3.8, 4) is 11.8 Å². The number of aromatic nitrogens is 2. The molecule has 0 unspecified atom stereocenters. The fourth-order valence-corrected chi connectivity index (χ4v) is 1.78. The summed E-state index contributed by atoms with van der Waals surface area (Å²) < 4.78 is 10.5. The molecule has 0 aliphatic rings. The van der Waals surface area contributed by atoms with Gasteiger partial charge in [-0.2, -0.15) is 5.26 Å². The molecule has 0 aromatic carbocycles. The van der Waals surface area contributed by atoms with E-state index in [1.165, 1.54) is 6.33 Å². The Hall–Kier alpha value is -2.07. The van der Waals surface area contributed by atoms with Crippen molar-refractivity contribution in [3.63, 3.8) is 0 Å². The molecule has 1 N–H and O–H groups in total. The largest absolute Gasteiger partial charge is 0.490 e. The number of ether oxygens (including phenoxy) is 2. The van der Waals surface area contributed by atoms with Crippen LogP contribution in [0.1, 0.15) is 13.3 Å². The molecule has 110 valence electrons. The molecule has 7 heteroatoms. The topological polar surface area (TPSA) is 83.3 Å². The zero-order chi connectivity index (χ0) is 14.8. The highest BCUT2D eigenvalue weighted by Gasteiger charge is 2.17. The maximum absolute atomic E-state index is 8.77. The Morgan fingerprint density at radius 2 is 2.15 bits per heavy atom. The van der Waals surface area contributed by atoms with Crippen LogP contribution in [0.3, 0.4) is 0 Å². The molecule has 0 saturated carbocycles. The molecule has 1 aromatic heterocycles. The van der Waals surface area contributed by atoms with Gasteiger partial charge in [-0.1, -0.05) is 0 Å². The van der Waals surface area contributed by atoms with E-state index in [0.717, 1.165) is 6.54 Å². The molecule has 0 fully saturated rings. The van der Waals surface area contributed by atoms with Crippen LogP contribution in [0.2, 0.25) is 0 Å². The summed E-state index contributed by atoms with van der Waals surface area (Å²) in [4.78, 5) is 10.4. The molecule has 7 nitrogen and oxygen atoms in total. The lowest BCUT2D eigenvalue weighted by Gasteiger charge is -2.24. The van der Waals surface area contributed by atoms with Crippen LogP contribution in [0.25, 0.3) is 0 Å². The van der Waals surface area contributed by atoms with Crippen LogP contribution in [0, 0.1) is 11.3 Å². The van der Waals surface area contributed by atoms with Crippen molar-refractivity contribution < 1.29 is 9.47 Å². The first-order chi connectivity index (χ1) is 9.78. The van der Waals surface area contributed by atoms with Gasteiger partial charge < -0.3 is 19.7 Å². The second-order valence-electron chi connectivity index (χ2n) is 4.00. The predicted octanol–water partition coefficient (Wildman–Crippen LogP) is 1.28. The second kappa shape index (κ2) is 8.93. The third-order valence-electron chi connectivity index (χ3n) is 2.69. The zero-order valence-corrected chi connectivity index (χ0v) is 12.2. The van der Waals surface area contributed by atoms with Crippen LogP contribution in [-0.2, 0) is 4.74 Å². The number of hydrogen-bond donors (Lipinski definition) is 1. The van der Waals surface area contributed by atoms with E-state index >= 15 is 0 Å². The average Bonchev–Trinajstić information content (AvgIpc) is 2.47. The summed E-state index contributed by atoms with van der Waals surface area (Å²) in [6.45, 7) is 4.48. The molecule has 1 aromatic rings. The van der Waals surface area contributed by atoms with Crippen molar-refractivity contribution >= 4 is 11.6 Å². The van der Waals surface area contributed by atoms with Crippen LogP contribution in [-0.4, -0.2) is 50.4 Å². The lowest BCUT2D eigenvalue weighted by atomic mass is 10.3. The third kappa shape index (κ3) is 4.24. The predicted molar refractivity (Wildman–Crippen MR) is 77.1 cm³/mol. The molecule has 1 heterocycles. The van der Waals surface area contributed by atoms with Gasteiger partial charge in [0.1, 0.15) is 6.33 Å². The minimum absolute atomic E-state index is 0.410. The fraction of sp³-hybridized carbons (Fsp3) is 0.615. The highest BCUT2D eigenvalue weighted by atomic mass is 16.5. The van der Waals surface area contributed by atoms with Crippen molar-refractivity contribution in [1.82, 2.24) is 9.97 Å². The summed E-state index contributed by atoms with van der Waals surface area (Å²) in [7, 11) is 3.23. The SMILES string of the molecule is CCNc1ncnc(N(CCC#N)CCOC)c1OC. The van der Waals surface area contributed by atoms with E-state index in [1.807, 2.05) is 11.8 Å². The molecule has 20 heavy (non-hydrogen) atoms. The smallest absolute Gasteiger partial charge is 0.204 e. The summed E-state index contributed by atoms with van der Waals surface area (Å²) in [5.74, 6) is 1.91. The standard InChI is InChI=1S/C13H21N5O2/c1-4-15-12-11(20-3)13(17-10-16-12)18(7-5-6-14)8-9-19-2/h10H,4-5,7-9H2,1-3H3,(H,15,16,17). The highest BCUT2D eigenvalue weighted by Crippen LogP contribution is 2.31. The van der Waals surface area contributed by atoms with Gasteiger partial charge in [-0.15, -0.1) is 0 Å². The maximum atomic E-state index is 8.77. The van der Waals surface area contributed by atoms with E-state index in [-0.39, 0.29) is 0 Å². The lowest BCUT2D eigenvalue weighted by Crippen LogP contribution is -2.29. The number of nitrogens with zero attached hydrogens (tertiary/aromatic N) is 4. The number of hydrogen-bond acceptors (Lipinski definition) is 7. The Labute approximate surface area is 119 Å². The molecular formula is C13H21N5O2. The Bertz CT molecular complexity index is 447. The van der Waals surface area contributed by atoms with Gasteiger partial charge >= 0.3 is 0 Å². The summed E-state index contributed by atoms with van der Waals surface area (Å²) >= 11 is 0. The number of anilines is 2. The first-order valence-electron chi connectivity index (χ1n) is 6.52. The normalized spacial score (nSPS) is 9.90. The Balaban J connectivity index is 3.04. The first kappa shape index (κ1) is 16.0. The van der Waals surface area contributed by atoms with E-state index in [2.05, 4.69) is 21.4 Å². The quantitative estimate of drug-likeness (QED) is 0.729.